The molecule has 0 spiro atoms. The SMILES string of the molecule is CCCNCCC(=O)NCCCOC. The zero-order chi connectivity index (χ0) is 10.6. The number of methoxy groups -OCH3 is 1. The molecule has 0 bridgehead atoms. The number of amides is 1. The summed E-state index contributed by atoms with van der Waals surface area (Å²) in [5.41, 5.74) is 0. The van der Waals surface area contributed by atoms with Crippen LogP contribution in [-0.4, -0.2) is 39.3 Å². The largest absolute Gasteiger partial charge is 0.385 e. The molecule has 0 aromatic heterocycles. The summed E-state index contributed by atoms with van der Waals surface area (Å²) in [7, 11) is 1.66. The molecule has 0 heterocycles. The quantitative estimate of drug-likeness (QED) is 0.536. The molecule has 0 unspecified atom stereocenters. The number of nitrogens with one attached hydrogen (secondary N) is 2. The molecule has 4 heteroatoms. The van der Waals surface area contributed by atoms with E-state index in [1.807, 2.05) is 0 Å². The number of hydrogen-bond donors (Lipinski definition) is 2. The van der Waals surface area contributed by atoms with Gasteiger partial charge < -0.3 is 15.4 Å². The molecule has 0 aliphatic rings. The number of carbonyl (C=O) groups excluding carboxylic acids is 1. The minimum atomic E-state index is 0.115. The summed E-state index contributed by atoms with van der Waals surface area (Å²) < 4.78 is 4.87. The lowest BCUT2D eigenvalue weighted by Crippen LogP contribution is -2.29. The number of rotatable bonds is 9. The van der Waals surface area contributed by atoms with E-state index < -0.39 is 0 Å². The molecule has 0 fully saturated rings. The molecule has 4 nitrogen and oxygen atoms in total. The van der Waals surface area contributed by atoms with Gasteiger partial charge in [0.15, 0.2) is 0 Å². The smallest absolute Gasteiger partial charge is 0.221 e. The zero-order valence-corrected chi connectivity index (χ0v) is 9.27. The van der Waals surface area contributed by atoms with Crippen molar-refractivity contribution in [2.24, 2.45) is 0 Å². The Morgan fingerprint density at radius 1 is 1.29 bits per heavy atom. The minimum absolute atomic E-state index is 0.115. The van der Waals surface area contributed by atoms with Crippen LogP contribution < -0.4 is 10.6 Å². The van der Waals surface area contributed by atoms with Crippen molar-refractivity contribution in [3.63, 3.8) is 0 Å². The Morgan fingerprint density at radius 3 is 2.71 bits per heavy atom. The van der Waals surface area contributed by atoms with Gasteiger partial charge in [-0.1, -0.05) is 6.92 Å². The van der Waals surface area contributed by atoms with Crippen LogP contribution >= 0.6 is 0 Å². The van der Waals surface area contributed by atoms with E-state index in [0.29, 0.717) is 19.6 Å². The van der Waals surface area contributed by atoms with Crippen molar-refractivity contribution in [3.8, 4) is 0 Å². The second-order valence-electron chi connectivity index (χ2n) is 3.20. The maximum absolute atomic E-state index is 11.2. The lowest BCUT2D eigenvalue weighted by molar-refractivity contribution is -0.121. The van der Waals surface area contributed by atoms with Gasteiger partial charge in [0.2, 0.25) is 5.91 Å². The monoisotopic (exact) mass is 202 g/mol. The van der Waals surface area contributed by atoms with E-state index in [2.05, 4.69) is 17.6 Å². The molecule has 0 aliphatic carbocycles. The van der Waals surface area contributed by atoms with Crippen LogP contribution in [0.2, 0.25) is 0 Å². The maximum atomic E-state index is 11.2. The molecule has 0 saturated carbocycles. The predicted molar refractivity (Wildman–Crippen MR) is 57.3 cm³/mol. The molecular formula is C10H22N2O2. The Bertz CT molecular complexity index is 126. The van der Waals surface area contributed by atoms with E-state index in [1.54, 1.807) is 7.11 Å². The highest BCUT2D eigenvalue weighted by atomic mass is 16.5. The van der Waals surface area contributed by atoms with Gasteiger partial charge in [-0.15, -0.1) is 0 Å². The van der Waals surface area contributed by atoms with Crippen LogP contribution in [-0.2, 0) is 9.53 Å². The first-order valence-electron chi connectivity index (χ1n) is 5.27. The first-order chi connectivity index (χ1) is 6.81. The summed E-state index contributed by atoms with van der Waals surface area (Å²) in [4.78, 5) is 11.2. The molecular weight excluding hydrogens is 180 g/mol. The molecule has 0 aromatic carbocycles. The van der Waals surface area contributed by atoms with E-state index in [-0.39, 0.29) is 5.91 Å². The molecule has 14 heavy (non-hydrogen) atoms. The van der Waals surface area contributed by atoms with Crippen molar-refractivity contribution >= 4 is 5.91 Å². The van der Waals surface area contributed by atoms with Gasteiger partial charge in [0.25, 0.3) is 0 Å². The van der Waals surface area contributed by atoms with E-state index >= 15 is 0 Å². The lowest BCUT2D eigenvalue weighted by Gasteiger charge is -2.05. The van der Waals surface area contributed by atoms with Crippen molar-refractivity contribution in [2.75, 3.05) is 33.4 Å². The predicted octanol–water partition coefficient (Wildman–Crippen LogP) is 0.529. The second kappa shape index (κ2) is 10.5. The van der Waals surface area contributed by atoms with Crippen molar-refractivity contribution in [2.45, 2.75) is 26.2 Å². The summed E-state index contributed by atoms with van der Waals surface area (Å²) in [6.07, 6.45) is 2.55. The Hall–Kier alpha value is -0.610. The van der Waals surface area contributed by atoms with E-state index in [9.17, 15) is 4.79 Å². The minimum Gasteiger partial charge on any atom is -0.385 e. The van der Waals surface area contributed by atoms with Crippen LogP contribution in [0.25, 0.3) is 0 Å². The van der Waals surface area contributed by atoms with Gasteiger partial charge in [-0.3, -0.25) is 4.79 Å². The Morgan fingerprint density at radius 2 is 2.07 bits per heavy atom. The third-order valence-electron chi connectivity index (χ3n) is 1.80. The van der Waals surface area contributed by atoms with E-state index in [0.717, 1.165) is 25.9 Å². The van der Waals surface area contributed by atoms with Gasteiger partial charge >= 0.3 is 0 Å². The van der Waals surface area contributed by atoms with E-state index in [4.69, 9.17) is 4.74 Å². The summed E-state index contributed by atoms with van der Waals surface area (Å²) >= 11 is 0. The summed E-state index contributed by atoms with van der Waals surface area (Å²) in [6, 6.07) is 0. The average molecular weight is 202 g/mol. The van der Waals surface area contributed by atoms with Crippen molar-refractivity contribution in [1.29, 1.82) is 0 Å². The summed E-state index contributed by atoms with van der Waals surface area (Å²) in [5.74, 6) is 0.115. The highest BCUT2D eigenvalue weighted by Gasteiger charge is 1.98. The topological polar surface area (TPSA) is 50.4 Å². The van der Waals surface area contributed by atoms with Crippen LogP contribution in [0.15, 0.2) is 0 Å². The fourth-order valence-electron chi connectivity index (χ4n) is 1.04. The Kier molecular flexibility index (Phi) is 10.0. The number of hydrogen-bond acceptors (Lipinski definition) is 3. The summed E-state index contributed by atoms with van der Waals surface area (Å²) in [6.45, 7) is 5.27. The molecule has 2 N–H and O–H groups in total. The van der Waals surface area contributed by atoms with Crippen LogP contribution in [0.3, 0.4) is 0 Å². The van der Waals surface area contributed by atoms with Gasteiger partial charge in [0, 0.05) is 33.2 Å². The Balaban J connectivity index is 3.11. The fraction of sp³-hybridized carbons (Fsp3) is 0.900. The highest BCUT2D eigenvalue weighted by Crippen LogP contribution is 1.81. The molecule has 0 rings (SSSR count). The molecule has 0 aliphatic heterocycles. The Labute approximate surface area is 86.4 Å². The second-order valence-corrected chi connectivity index (χ2v) is 3.20. The fourth-order valence-corrected chi connectivity index (χ4v) is 1.04. The van der Waals surface area contributed by atoms with Crippen LogP contribution in [0.1, 0.15) is 26.2 Å². The zero-order valence-electron chi connectivity index (χ0n) is 9.27. The lowest BCUT2D eigenvalue weighted by atomic mass is 10.3. The van der Waals surface area contributed by atoms with Crippen LogP contribution in [0.5, 0.6) is 0 Å². The van der Waals surface area contributed by atoms with Crippen molar-refractivity contribution in [3.05, 3.63) is 0 Å². The average Bonchev–Trinajstić information content (AvgIpc) is 2.19. The molecule has 0 aromatic rings. The van der Waals surface area contributed by atoms with Crippen molar-refractivity contribution in [1.82, 2.24) is 10.6 Å². The molecule has 0 radical (unpaired) electrons. The third kappa shape index (κ3) is 9.48. The van der Waals surface area contributed by atoms with Crippen LogP contribution in [0.4, 0.5) is 0 Å². The van der Waals surface area contributed by atoms with Gasteiger partial charge in [-0.2, -0.15) is 0 Å². The first kappa shape index (κ1) is 13.4. The third-order valence-corrected chi connectivity index (χ3v) is 1.80. The molecule has 0 atom stereocenters. The van der Waals surface area contributed by atoms with E-state index in [1.165, 1.54) is 0 Å². The molecule has 0 saturated heterocycles. The maximum Gasteiger partial charge on any atom is 0.221 e. The number of carbonyl (C=O) groups is 1. The van der Waals surface area contributed by atoms with Crippen molar-refractivity contribution < 1.29 is 9.53 Å². The highest BCUT2D eigenvalue weighted by molar-refractivity contribution is 5.75. The van der Waals surface area contributed by atoms with Gasteiger partial charge in [0.05, 0.1) is 0 Å². The summed E-state index contributed by atoms with van der Waals surface area (Å²) in [5, 5.41) is 6.02. The number of ether oxygens (including phenoxy) is 1. The van der Waals surface area contributed by atoms with Gasteiger partial charge in [0.1, 0.15) is 0 Å². The normalized spacial score (nSPS) is 10.1. The van der Waals surface area contributed by atoms with Gasteiger partial charge in [-0.25, -0.2) is 0 Å². The molecule has 84 valence electrons. The van der Waals surface area contributed by atoms with Crippen LogP contribution in [0, 0.1) is 0 Å². The molecule has 1 amide bonds. The van der Waals surface area contributed by atoms with Gasteiger partial charge in [-0.05, 0) is 19.4 Å². The standard InChI is InChI=1S/C10H22N2O2/c1-3-6-11-8-5-10(13)12-7-4-9-14-2/h11H,3-9H2,1-2H3,(H,12,13). The first-order valence-corrected chi connectivity index (χ1v) is 5.27.